The summed E-state index contributed by atoms with van der Waals surface area (Å²) in [5.41, 5.74) is 6.35. The zero-order valence-electron chi connectivity index (χ0n) is 19.3. The molecule has 0 bridgehead atoms. The largest absolute Gasteiger partial charge is 0.352 e. The lowest BCUT2D eigenvalue weighted by Gasteiger charge is -2.10. The first kappa shape index (κ1) is 23.1. The fourth-order valence-electron chi connectivity index (χ4n) is 4.22. The molecule has 0 aliphatic rings. The number of hydrogen-bond acceptors (Lipinski definition) is 2. The number of nitrogens with one attached hydrogen (secondary N) is 1. The van der Waals surface area contributed by atoms with E-state index in [1.807, 2.05) is 50.2 Å². The first-order valence-corrected chi connectivity index (χ1v) is 11.9. The molecule has 0 spiro atoms. The van der Waals surface area contributed by atoms with Crippen molar-refractivity contribution >= 4 is 28.5 Å². The minimum atomic E-state index is 0.0113. The summed E-state index contributed by atoms with van der Waals surface area (Å²) in [4.78, 5) is 17.3. The second-order valence-electron chi connectivity index (χ2n) is 8.61. The summed E-state index contributed by atoms with van der Waals surface area (Å²) in [6, 6.07) is 22.2. The number of unbranched alkanes of at least 4 members (excludes halogenated alkanes) is 2. The molecule has 0 fully saturated rings. The third-order valence-corrected chi connectivity index (χ3v) is 6.23. The van der Waals surface area contributed by atoms with Gasteiger partial charge in [-0.2, -0.15) is 0 Å². The van der Waals surface area contributed by atoms with E-state index in [9.17, 15) is 4.79 Å². The number of halogens is 1. The van der Waals surface area contributed by atoms with Gasteiger partial charge in [-0.25, -0.2) is 4.98 Å². The summed E-state index contributed by atoms with van der Waals surface area (Å²) in [6.07, 6.45) is 3.93. The molecule has 1 aromatic heterocycles. The monoisotopic (exact) mass is 459 g/mol. The number of rotatable bonds is 9. The van der Waals surface area contributed by atoms with Crippen LogP contribution in [0.15, 0.2) is 66.7 Å². The maximum Gasteiger partial charge on any atom is 0.251 e. The lowest BCUT2D eigenvalue weighted by Crippen LogP contribution is -2.25. The number of benzene rings is 3. The van der Waals surface area contributed by atoms with Gasteiger partial charge in [-0.1, -0.05) is 60.0 Å². The first-order chi connectivity index (χ1) is 16.0. The number of hydrogen-bond donors (Lipinski definition) is 1. The minimum Gasteiger partial charge on any atom is -0.352 e. The van der Waals surface area contributed by atoms with Crippen LogP contribution in [0.5, 0.6) is 0 Å². The van der Waals surface area contributed by atoms with Crippen LogP contribution in [0.2, 0.25) is 5.02 Å². The third kappa shape index (κ3) is 5.82. The first-order valence-electron chi connectivity index (χ1n) is 11.6. The van der Waals surface area contributed by atoms with E-state index in [4.69, 9.17) is 16.6 Å². The Labute approximate surface area is 200 Å². The van der Waals surface area contributed by atoms with Crippen molar-refractivity contribution in [3.63, 3.8) is 0 Å². The molecule has 0 saturated carbocycles. The molecule has 0 unspecified atom stereocenters. The van der Waals surface area contributed by atoms with Crippen molar-refractivity contribution in [3.05, 3.63) is 99.8 Å². The molecule has 4 rings (SSSR count). The van der Waals surface area contributed by atoms with Gasteiger partial charge < -0.3 is 9.88 Å². The van der Waals surface area contributed by atoms with Gasteiger partial charge in [0, 0.05) is 30.1 Å². The number of carbonyl (C=O) groups is 1. The quantitative estimate of drug-likeness (QED) is 0.290. The van der Waals surface area contributed by atoms with Gasteiger partial charge in [-0.05, 0) is 68.1 Å². The van der Waals surface area contributed by atoms with Gasteiger partial charge in [0.25, 0.3) is 5.91 Å². The van der Waals surface area contributed by atoms with Gasteiger partial charge in [-0.3, -0.25) is 4.79 Å². The highest BCUT2D eigenvalue weighted by Crippen LogP contribution is 2.20. The molecule has 0 radical (unpaired) electrons. The standard InChI is InChI=1S/C28H30ClN3O/c1-20-11-16-24(21(2)18-20)28(33)30-17-7-3-4-10-27-31-25-8-5-6-9-26(25)32(27)19-22-12-14-23(29)15-13-22/h5-6,8-9,11-16,18H,3-4,7,10,17,19H2,1-2H3,(H,30,33). The van der Waals surface area contributed by atoms with E-state index in [2.05, 4.69) is 40.2 Å². The average molecular weight is 460 g/mol. The maximum atomic E-state index is 12.4. The predicted octanol–water partition coefficient (Wildman–Crippen LogP) is 6.50. The van der Waals surface area contributed by atoms with Gasteiger partial charge in [0.05, 0.1) is 11.0 Å². The van der Waals surface area contributed by atoms with Crippen molar-refractivity contribution in [1.29, 1.82) is 0 Å². The normalized spacial score (nSPS) is 11.1. The average Bonchev–Trinajstić information content (AvgIpc) is 3.14. The molecule has 170 valence electrons. The molecule has 0 aliphatic carbocycles. The highest BCUT2D eigenvalue weighted by atomic mass is 35.5. The lowest BCUT2D eigenvalue weighted by molar-refractivity contribution is 0.0952. The number of carbonyl (C=O) groups excluding carboxylic acids is 1. The lowest BCUT2D eigenvalue weighted by atomic mass is 10.1. The summed E-state index contributed by atoms with van der Waals surface area (Å²) in [7, 11) is 0. The molecule has 1 amide bonds. The number of aromatic nitrogens is 2. The minimum absolute atomic E-state index is 0.0113. The van der Waals surface area contributed by atoms with Crippen LogP contribution >= 0.6 is 11.6 Å². The van der Waals surface area contributed by atoms with Crippen LogP contribution in [0.4, 0.5) is 0 Å². The Morgan fingerprint density at radius 2 is 1.76 bits per heavy atom. The molecular weight excluding hydrogens is 430 g/mol. The van der Waals surface area contributed by atoms with E-state index in [1.165, 1.54) is 11.1 Å². The Morgan fingerprint density at radius 1 is 0.970 bits per heavy atom. The van der Waals surface area contributed by atoms with Crippen molar-refractivity contribution in [2.75, 3.05) is 6.54 Å². The van der Waals surface area contributed by atoms with Gasteiger partial charge in [0.15, 0.2) is 0 Å². The van der Waals surface area contributed by atoms with Crippen molar-refractivity contribution in [3.8, 4) is 0 Å². The smallest absolute Gasteiger partial charge is 0.251 e. The van der Waals surface area contributed by atoms with Crippen molar-refractivity contribution < 1.29 is 4.79 Å². The second kappa shape index (κ2) is 10.7. The Bertz CT molecular complexity index is 1240. The molecule has 3 aromatic carbocycles. The van der Waals surface area contributed by atoms with Gasteiger partial charge in [-0.15, -0.1) is 0 Å². The zero-order valence-corrected chi connectivity index (χ0v) is 20.0. The Balaban J connectivity index is 1.32. The maximum absolute atomic E-state index is 12.4. The third-order valence-electron chi connectivity index (χ3n) is 5.98. The Hall–Kier alpha value is -3.11. The van der Waals surface area contributed by atoms with E-state index in [1.54, 1.807) is 0 Å². The van der Waals surface area contributed by atoms with Crippen LogP contribution in [0.25, 0.3) is 11.0 Å². The summed E-state index contributed by atoms with van der Waals surface area (Å²) in [6.45, 7) is 5.49. The van der Waals surface area contributed by atoms with Gasteiger partial charge in [0.2, 0.25) is 0 Å². The summed E-state index contributed by atoms with van der Waals surface area (Å²) >= 11 is 6.05. The van der Waals surface area contributed by atoms with Crippen LogP contribution < -0.4 is 5.32 Å². The second-order valence-corrected chi connectivity index (χ2v) is 9.05. The van der Waals surface area contributed by atoms with Crippen molar-refractivity contribution in [1.82, 2.24) is 14.9 Å². The van der Waals surface area contributed by atoms with Gasteiger partial charge in [0.1, 0.15) is 5.82 Å². The number of fused-ring (bicyclic) bond motifs is 1. The topological polar surface area (TPSA) is 46.9 Å². The van der Waals surface area contributed by atoms with E-state index in [0.717, 1.165) is 65.2 Å². The summed E-state index contributed by atoms with van der Waals surface area (Å²) in [5.74, 6) is 1.11. The van der Waals surface area contributed by atoms with Crippen LogP contribution in [0, 0.1) is 13.8 Å². The van der Waals surface area contributed by atoms with E-state index >= 15 is 0 Å². The summed E-state index contributed by atoms with van der Waals surface area (Å²) in [5, 5.41) is 3.81. The molecule has 1 N–H and O–H groups in total. The molecule has 0 aliphatic heterocycles. The van der Waals surface area contributed by atoms with Crippen LogP contribution in [-0.4, -0.2) is 22.0 Å². The fourth-order valence-corrected chi connectivity index (χ4v) is 4.34. The highest BCUT2D eigenvalue weighted by molar-refractivity contribution is 6.30. The molecule has 0 saturated heterocycles. The molecule has 4 aromatic rings. The molecule has 4 nitrogen and oxygen atoms in total. The Morgan fingerprint density at radius 3 is 2.55 bits per heavy atom. The van der Waals surface area contributed by atoms with Crippen molar-refractivity contribution in [2.24, 2.45) is 0 Å². The number of imidazole rings is 1. The Kier molecular flexibility index (Phi) is 7.46. The highest BCUT2D eigenvalue weighted by Gasteiger charge is 2.11. The molecule has 1 heterocycles. The van der Waals surface area contributed by atoms with Crippen LogP contribution in [0.3, 0.4) is 0 Å². The molecular formula is C28H30ClN3O. The molecule has 33 heavy (non-hydrogen) atoms. The van der Waals surface area contributed by atoms with Crippen LogP contribution in [0.1, 0.15) is 52.1 Å². The van der Waals surface area contributed by atoms with E-state index < -0.39 is 0 Å². The number of amides is 1. The molecule has 0 atom stereocenters. The van der Waals surface area contributed by atoms with E-state index in [-0.39, 0.29) is 5.91 Å². The SMILES string of the molecule is Cc1ccc(C(=O)NCCCCCc2nc3ccccc3n2Cc2ccc(Cl)cc2)c(C)c1. The van der Waals surface area contributed by atoms with E-state index in [0.29, 0.717) is 6.54 Å². The number of nitrogens with zero attached hydrogens (tertiary/aromatic N) is 2. The summed E-state index contributed by atoms with van der Waals surface area (Å²) < 4.78 is 2.31. The predicted molar refractivity (Wildman–Crippen MR) is 136 cm³/mol. The molecule has 5 heteroatoms. The fraction of sp³-hybridized carbons (Fsp3) is 0.286. The number of aryl methyl sites for hydroxylation is 3. The zero-order chi connectivity index (χ0) is 23.2. The van der Waals surface area contributed by atoms with Gasteiger partial charge >= 0.3 is 0 Å². The number of para-hydroxylation sites is 2. The van der Waals surface area contributed by atoms with Crippen LogP contribution in [-0.2, 0) is 13.0 Å². The van der Waals surface area contributed by atoms with Crippen molar-refractivity contribution in [2.45, 2.75) is 46.1 Å².